The molecule has 1 N–H and O–H groups in total. The van der Waals surface area contributed by atoms with E-state index >= 15 is 0 Å². The number of hydrogen-bond donors (Lipinski definition) is 1. The number of rotatable bonds is 16. The quantitative estimate of drug-likeness (QED) is 0.244. The van der Waals surface area contributed by atoms with Gasteiger partial charge in [0.2, 0.25) is 0 Å². The van der Waals surface area contributed by atoms with Gasteiger partial charge in [-0.3, -0.25) is 5.10 Å². The van der Waals surface area contributed by atoms with E-state index in [9.17, 15) is 0 Å². The van der Waals surface area contributed by atoms with Crippen LogP contribution in [0, 0.1) is 0 Å². The van der Waals surface area contributed by atoms with Gasteiger partial charge in [-0.15, -0.1) is 0 Å². The number of aromatic nitrogens is 2. The predicted molar refractivity (Wildman–Crippen MR) is 131 cm³/mol. The second kappa shape index (κ2) is 12.2. The van der Waals surface area contributed by atoms with Gasteiger partial charge in [-0.2, -0.15) is 5.10 Å². The molecule has 8 nitrogen and oxygen atoms in total. The normalized spacial score (nSPS) is 18.4. The van der Waals surface area contributed by atoms with Crippen LogP contribution in [0.1, 0.15) is 12.8 Å². The molecule has 2 fully saturated rings. The smallest absolute Gasteiger partial charge is 0.119 e. The summed E-state index contributed by atoms with van der Waals surface area (Å²) in [6.07, 6.45) is 2.33. The molecular formula is C27H32N2O6. The van der Waals surface area contributed by atoms with Crippen molar-refractivity contribution in [3.63, 3.8) is 0 Å². The summed E-state index contributed by atoms with van der Waals surface area (Å²) in [6, 6.07) is 18.1. The fourth-order valence-electron chi connectivity index (χ4n) is 3.53. The fraction of sp³-hybridized carbons (Fsp3) is 0.444. The molecule has 2 aromatic carbocycles. The van der Waals surface area contributed by atoms with E-state index in [0.29, 0.717) is 51.8 Å². The first-order valence-electron chi connectivity index (χ1n) is 12.2. The molecule has 0 amide bonds. The van der Waals surface area contributed by atoms with Crippen molar-refractivity contribution in [2.75, 3.05) is 52.9 Å². The van der Waals surface area contributed by atoms with Gasteiger partial charge in [-0.05, 0) is 60.2 Å². The van der Waals surface area contributed by atoms with Crippen molar-refractivity contribution in [2.24, 2.45) is 0 Å². The molecule has 2 aliphatic heterocycles. The lowest BCUT2D eigenvalue weighted by Crippen LogP contribution is -2.06. The lowest BCUT2D eigenvalue weighted by atomic mass is 10.1. The minimum atomic E-state index is 0.313. The summed E-state index contributed by atoms with van der Waals surface area (Å²) in [7, 11) is 0. The van der Waals surface area contributed by atoms with Crippen LogP contribution in [0.2, 0.25) is 0 Å². The van der Waals surface area contributed by atoms with E-state index in [1.807, 2.05) is 54.6 Å². The molecule has 0 saturated carbocycles. The second-order valence-electron chi connectivity index (χ2n) is 8.68. The summed E-state index contributed by atoms with van der Waals surface area (Å²) in [5.74, 6) is 1.69. The highest BCUT2D eigenvalue weighted by Crippen LogP contribution is 2.26. The highest BCUT2D eigenvalue weighted by molar-refractivity contribution is 5.68. The first kappa shape index (κ1) is 23.8. The molecule has 0 radical (unpaired) electrons. The van der Waals surface area contributed by atoms with Gasteiger partial charge in [0.05, 0.1) is 51.0 Å². The molecule has 2 unspecified atom stereocenters. The molecule has 186 valence electrons. The van der Waals surface area contributed by atoms with Crippen LogP contribution in [0.4, 0.5) is 0 Å². The summed E-state index contributed by atoms with van der Waals surface area (Å²) in [5, 5.41) is 7.61. The lowest BCUT2D eigenvalue weighted by molar-refractivity contribution is 0.104. The number of H-pyrrole nitrogens is 1. The number of nitrogens with one attached hydrogen (secondary N) is 1. The van der Waals surface area contributed by atoms with Crippen molar-refractivity contribution in [1.29, 1.82) is 0 Å². The summed E-state index contributed by atoms with van der Waals surface area (Å²) >= 11 is 0. The van der Waals surface area contributed by atoms with Crippen LogP contribution < -0.4 is 9.47 Å². The standard InChI is InChI=1S/C27H32N2O6/c1(11-30-16-24-18-34-24)13-32-22-7-3-20(4-8-22)26-15-27(29-28-26)21-5-9-23(10-6-21)33-14-2-12-31-17-25-19-35-25/h3-10,15,24-25H,1-2,11-14,16-19H2,(H,28,29). The van der Waals surface area contributed by atoms with Gasteiger partial charge in [-0.25, -0.2) is 0 Å². The van der Waals surface area contributed by atoms with Crippen molar-refractivity contribution in [3.8, 4) is 34.0 Å². The first-order valence-corrected chi connectivity index (χ1v) is 12.2. The van der Waals surface area contributed by atoms with Crippen LogP contribution in [0.15, 0.2) is 54.6 Å². The van der Waals surface area contributed by atoms with Gasteiger partial charge in [0, 0.05) is 31.6 Å². The van der Waals surface area contributed by atoms with E-state index in [-0.39, 0.29) is 0 Å². The fourth-order valence-corrected chi connectivity index (χ4v) is 3.53. The van der Waals surface area contributed by atoms with Gasteiger partial charge in [0.15, 0.2) is 0 Å². The Morgan fingerprint density at radius 3 is 1.74 bits per heavy atom. The van der Waals surface area contributed by atoms with Crippen molar-refractivity contribution < 1.29 is 28.4 Å². The molecule has 2 aliphatic rings. The summed E-state index contributed by atoms with van der Waals surface area (Å²) in [6.45, 7) is 5.66. The Morgan fingerprint density at radius 2 is 1.23 bits per heavy atom. The van der Waals surface area contributed by atoms with Crippen molar-refractivity contribution in [1.82, 2.24) is 10.2 Å². The van der Waals surface area contributed by atoms with E-state index < -0.39 is 0 Å². The average Bonchev–Trinajstić information content (AvgIpc) is 3.83. The third kappa shape index (κ3) is 7.80. The molecule has 0 spiro atoms. The van der Waals surface area contributed by atoms with Crippen molar-refractivity contribution in [3.05, 3.63) is 54.6 Å². The molecule has 2 atom stereocenters. The largest absolute Gasteiger partial charge is 0.494 e. The zero-order chi connectivity index (χ0) is 23.7. The molecule has 0 bridgehead atoms. The van der Waals surface area contributed by atoms with Crippen molar-refractivity contribution in [2.45, 2.75) is 25.0 Å². The summed E-state index contributed by atoms with van der Waals surface area (Å²) < 4.78 is 32.9. The second-order valence-corrected chi connectivity index (χ2v) is 8.68. The van der Waals surface area contributed by atoms with Gasteiger partial charge in [0.1, 0.15) is 23.7 Å². The van der Waals surface area contributed by atoms with E-state index in [4.69, 9.17) is 28.4 Å². The zero-order valence-corrected chi connectivity index (χ0v) is 19.8. The highest BCUT2D eigenvalue weighted by atomic mass is 16.6. The van der Waals surface area contributed by atoms with Crippen LogP contribution >= 0.6 is 0 Å². The Balaban J connectivity index is 1.03. The highest BCUT2D eigenvalue weighted by Gasteiger charge is 2.22. The number of benzene rings is 2. The Bertz CT molecular complexity index is 947. The monoisotopic (exact) mass is 480 g/mol. The number of aromatic amines is 1. The molecule has 0 aliphatic carbocycles. The van der Waals surface area contributed by atoms with Crippen LogP contribution in [0.5, 0.6) is 11.5 Å². The van der Waals surface area contributed by atoms with E-state index in [2.05, 4.69) is 10.2 Å². The van der Waals surface area contributed by atoms with Gasteiger partial charge in [-0.1, -0.05) is 0 Å². The maximum Gasteiger partial charge on any atom is 0.119 e. The van der Waals surface area contributed by atoms with Crippen LogP contribution in [-0.4, -0.2) is 75.3 Å². The molecule has 35 heavy (non-hydrogen) atoms. The number of epoxide rings is 2. The maximum absolute atomic E-state index is 5.80. The third-order valence-electron chi connectivity index (χ3n) is 5.71. The average molecular weight is 481 g/mol. The van der Waals surface area contributed by atoms with Crippen LogP contribution in [0.3, 0.4) is 0 Å². The SMILES string of the molecule is c1cc(-c2cc(-c3ccc(OCCCOCC4CO4)cc3)[nH]n2)ccc1OCCCOCC1CO1. The number of ether oxygens (including phenoxy) is 6. The Hall–Kier alpha value is -2.91. The Kier molecular flexibility index (Phi) is 8.28. The van der Waals surface area contributed by atoms with Gasteiger partial charge >= 0.3 is 0 Å². The van der Waals surface area contributed by atoms with Crippen LogP contribution in [-0.2, 0) is 18.9 Å². The molecule has 3 aromatic rings. The van der Waals surface area contributed by atoms with Gasteiger partial charge < -0.3 is 28.4 Å². The molecule has 2 saturated heterocycles. The number of nitrogens with zero attached hydrogens (tertiary/aromatic N) is 1. The molecule has 8 heteroatoms. The Morgan fingerprint density at radius 1 is 0.714 bits per heavy atom. The maximum atomic E-state index is 5.80. The predicted octanol–water partition coefficient (Wildman–Crippen LogP) is 4.11. The number of hydrogen-bond acceptors (Lipinski definition) is 7. The van der Waals surface area contributed by atoms with E-state index in [1.54, 1.807) is 0 Å². The molecule has 1 aromatic heterocycles. The van der Waals surface area contributed by atoms with Gasteiger partial charge in [0.25, 0.3) is 0 Å². The minimum absolute atomic E-state index is 0.313. The topological polar surface area (TPSA) is 90.7 Å². The molecule has 5 rings (SSSR count). The van der Waals surface area contributed by atoms with Crippen molar-refractivity contribution >= 4 is 0 Å². The van der Waals surface area contributed by atoms with E-state index in [0.717, 1.165) is 60.1 Å². The lowest BCUT2D eigenvalue weighted by Gasteiger charge is -2.07. The van der Waals surface area contributed by atoms with Crippen LogP contribution in [0.25, 0.3) is 22.5 Å². The zero-order valence-electron chi connectivity index (χ0n) is 19.8. The molecule has 3 heterocycles. The third-order valence-corrected chi connectivity index (χ3v) is 5.71. The summed E-state index contributed by atoms with van der Waals surface area (Å²) in [4.78, 5) is 0. The summed E-state index contributed by atoms with van der Waals surface area (Å²) in [5.41, 5.74) is 3.93. The van der Waals surface area contributed by atoms with E-state index in [1.165, 1.54) is 0 Å². The molecular weight excluding hydrogens is 448 g/mol. The minimum Gasteiger partial charge on any atom is -0.494 e. The first-order chi connectivity index (χ1) is 17.3. The Labute approximate surface area is 205 Å².